The van der Waals surface area contributed by atoms with Gasteiger partial charge >= 0.3 is 0 Å². The van der Waals surface area contributed by atoms with Gasteiger partial charge in [0.2, 0.25) is 11.5 Å². The average Bonchev–Trinajstić information content (AvgIpc) is 3.14. The summed E-state index contributed by atoms with van der Waals surface area (Å²) in [6.45, 7) is 4.38. The van der Waals surface area contributed by atoms with Crippen LogP contribution in [0.3, 0.4) is 0 Å². The maximum Gasteiger partial charge on any atom is 0.231 e. The zero-order chi connectivity index (χ0) is 23.5. The zero-order valence-electron chi connectivity index (χ0n) is 19.4. The van der Waals surface area contributed by atoms with Gasteiger partial charge in [-0.2, -0.15) is 0 Å². The molecule has 6 heteroatoms. The summed E-state index contributed by atoms with van der Waals surface area (Å²) in [5.41, 5.74) is 4.25. The van der Waals surface area contributed by atoms with E-state index in [9.17, 15) is 4.79 Å². The predicted octanol–water partition coefficient (Wildman–Crippen LogP) is 5.52. The van der Waals surface area contributed by atoms with Gasteiger partial charge < -0.3 is 23.7 Å². The van der Waals surface area contributed by atoms with Crippen LogP contribution in [-0.2, 0) is 6.61 Å². The Kier molecular flexibility index (Phi) is 6.27. The molecule has 0 N–H and O–H groups in total. The highest BCUT2D eigenvalue weighted by atomic mass is 16.5. The van der Waals surface area contributed by atoms with Crippen molar-refractivity contribution < 1.29 is 28.5 Å². The number of allylic oxidation sites excluding steroid dienone is 1. The second-order valence-corrected chi connectivity index (χ2v) is 7.68. The topological polar surface area (TPSA) is 63.2 Å². The summed E-state index contributed by atoms with van der Waals surface area (Å²) >= 11 is 0. The van der Waals surface area contributed by atoms with Gasteiger partial charge in [-0.15, -0.1) is 0 Å². The van der Waals surface area contributed by atoms with Gasteiger partial charge in [-0.25, -0.2) is 0 Å². The fraction of sp³-hybridized carbons (Fsp3) is 0.222. The Labute approximate surface area is 193 Å². The summed E-state index contributed by atoms with van der Waals surface area (Å²) in [7, 11) is 4.63. The Morgan fingerprint density at radius 2 is 1.58 bits per heavy atom. The molecule has 0 bridgehead atoms. The molecule has 0 saturated carbocycles. The van der Waals surface area contributed by atoms with Crippen LogP contribution in [-0.4, -0.2) is 27.1 Å². The molecule has 33 heavy (non-hydrogen) atoms. The summed E-state index contributed by atoms with van der Waals surface area (Å²) in [4.78, 5) is 13.0. The Bertz CT molecular complexity index is 1220. The van der Waals surface area contributed by atoms with Crippen molar-refractivity contribution in [3.05, 3.63) is 82.1 Å². The number of rotatable bonds is 7. The van der Waals surface area contributed by atoms with Crippen LogP contribution < -0.4 is 23.7 Å². The van der Waals surface area contributed by atoms with Crippen molar-refractivity contribution in [2.75, 3.05) is 21.3 Å². The van der Waals surface area contributed by atoms with Crippen LogP contribution in [0.4, 0.5) is 0 Å². The quantitative estimate of drug-likeness (QED) is 0.445. The summed E-state index contributed by atoms with van der Waals surface area (Å²) in [6.07, 6.45) is 1.67. The van der Waals surface area contributed by atoms with Gasteiger partial charge in [-0.05, 0) is 60.9 Å². The molecule has 3 aromatic carbocycles. The number of hydrogen-bond donors (Lipinski definition) is 0. The Morgan fingerprint density at radius 1 is 0.879 bits per heavy atom. The molecule has 1 aliphatic heterocycles. The first-order chi connectivity index (χ1) is 16.0. The van der Waals surface area contributed by atoms with Crippen LogP contribution in [0.1, 0.15) is 32.6 Å². The third-order valence-electron chi connectivity index (χ3n) is 5.67. The number of ether oxygens (including phenoxy) is 5. The number of Topliss-reactive ketones (excluding diaryl/α,β-unsaturated/α-hetero) is 1. The molecule has 0 spiro atoms. The third-order valence-corrected chi connectivity index (χ3v) is 5.67. The molecule has 0 amide bonds. The fourth-order valence-corrected chi connectivity index (χ4v) is 3.79. The van der Waals surface area contributed by atoms with Crippen LogP contribution in [0, 0.1) is 13.8 Å². The van der Waals surface area contributed by atoms with E-state index in [2.05, 4.69) is 13.0 Å². The van der Waals surface area contributed by atoms with Crippen molar-refractivity contribution in [1.82, 2.24) is 0 Å². The minimum absolute atomic E-state index is 0.188. The molecule has 0 fully saturated rings. The summed E-state index contributed by atoms with van der Waals surface area (Å²) in [5.74, 6) is 2.70. The second kappa shape index (κ2) is 9.28. The van der Waals surface area contributed by atoms with Crippen LogP contribution in [0.5, 0.6) is 28.7 Å². The predicted molar refractivity (Wildman–Crippen MR) is 126 cm³/mol. The zero-order valence-corrected chi connectivity index (χ0v) is 19.4. The number of ketones is 1. The Balaban J connectivity index is 1.62. The largest absolute Gasteiger partial charge is 0.493 e. The molecule has 0 aromatic heterocycles. The number of methoxy groups -OCH3 is 3. The van der Waals surface area contributed by atoms with Crippen molar-refractivity contribution in [2.24, 2.45) is 0 Å². The van der Waals surface area contributed by atoms with Crippen molar-refractivity contribution in [2.45, 2.75) is 20.5 Å². The highest BCUT2D eigenvalue weighted by Gasteiger charge is 2.30. The molecular formula is C27H26O6. The molecule has 1 aliphatic rings. The van der Waals surface area contributed by atoms with E-state index in [1.165, 1.54) is 5.56 Å². The lowest BCUT2D eigenvalue weighted by Gasteiger charge is -2.13. The Hall–Kier alpha value is -3.93. The van der Waals surface area contributed by atoms with E-state index in [1.807, 2.05) is 31.2 Å². The molecule has 4 rings (SSSR count). The number of benzene rings is 3. The fourth-order valence-electron chi connectivity index (χ4n) is 3.79. The highest BCUT2D eigenvalue weighted by Crippen LogP contribution is 2.42. The van der Waals surface area contributed by atoms with E-state index in [-0.39, 0.29) is 11.5 Å². The maximum atomic E-state index is 13.0. The van der Waals surface area contributed by atoms with Gasteiger partial charge in [0.05, 0.1) is 26.9 Å². The molecular weight excluding hydrogens is 420 g/mol. The van der Waals surface area contributed by atoms with E-state index in [1.54, 1.807) is 45.6 Å². The highest BCUT2D eigenvalue weighted by molar-refractivity contribution is 6.15. The van der Waals surface area contributed by atoms with E-state index in [0.717, 1.165) is 11.1 Å². The molecule has 0 aliphatic carbocycles. The second-order valence-electron chi connectivity index (χ2n) is 7.68. The molecule has 170 valence electrons. The monoisotopic (exact) mass is 446 g/mol. The molecule has 0 radical (unpaired) electrons. The molecule has 0 saturated heterocycles. The van der Waals surface area contributed by atoms with Crippen molar-refractivity contribution in [3.63, 3.8) is 0 Å². The van der Waals surface area contributed by atoms with Crippen molar-refractivity contribution in [3.8, 4) is 28.7 Å². The summed E-state index contributed by atoms with van der Waals surface area (Å²) in [6, 6.07) is 15.2. The van der Waals surface area contributed by atoms with E-state index >= 15 is 0 Å². The first-order valence-corrected chi connectivity index (χ1v) is 10.5. The van der Waals surface area contributed by atoms with Crippen LogP contribution in [0.2, 0.25) is 0 Å². The van der Waals surface area contributed by atoms with Crippen LogP contribution in [0.15, 0.2) is 54.3 Å². The van der Waals surface area contributed by atoms with Gasteiger partial charge in [0, 0.05) is 5.56 Å². The smallest absolute Gasteiger partial charge is 0.231 e. The molecule has 0 unspecified atom stereocenters. The Morgan fingerprint density at radius 3 is 2.21 bits per heavy atom. The average molecular weight is 446 g/mol. The lowest BCUT2D eigenvalue weighted by atomic mass is 10.1. The number of carbonyl (C=O) groups excluding carboxylic acids is 1. The molecule has 1 heterocycles. The van der Waals surface area contributed by atoms with Gasteiger partial charge in [-0.1, -0.05) is 24.3 Å². The number of fused-ring (bicyclic) bond motifs is 1. The number of aryl methyl sites for hydroxylation is 1. The van der Waals surface area contributed by atoms with E-state index in [0.29, 0.717) is 46.5 Å². The van der Waals surface area contributed by atoms with Crippen LogP contribution in [0.25, 0.3) is 6.08 Å². The minimum atomic E-state index is -0.188. The van der Waals surface area contributed by atoms with Gasteiger partial charge in [0.1, 0.15) is 18.1 Å². The normalized spacial score (nSPS) is 13.5. The van der Waals surface area contributed by atoms with Crippen molar-refractivity contribution in [1.29, 1.82) is 0 Å². The molecule has 6 nitrogen and oxygen atoms in total. The summed E-state index contributed by atoms with van der Waals surface area (Å²) in [5, 5.41) is 0. The lowest BCUT2D eigenvalue weighted by Crippen LogP contribution is -2.00. The molecule has 3 aromatic rings. The maximum absolute atomic E-state index is 13.0. The molecule has 0 atom stereocenters. The van der Waals surface area contributed by atoms with Gasteiger partial charge in [0.25, 0.3) is 0 Å². The number of carbonyl (C=O) groups is 1. The lowest BCUT2D eigenvalue weighted by molar-refractivity contribution is 0.101. The van der Waals surface area contributed by atoms with E-state index < -0.39 is 0 Å². The standard InChI is InChI=1S/C27H26O6/c1-16-8-6-7-9-19(16)15-32-21-11-10-20-25(28)22(33-26(20)17(21)2)12-18-13-23(29-3)27(31-5)24(14-18)30-4/h6-14H,15H2,1-5H3/b22-12-. The number of hydrogen-bond acceptors (Lipinski definition) is 6. The first-order valence-electron chi connectivity index (χ1n) is 10.5. The SMILES string of the molecule is COc1cc(/C=C2\Oc3c(ccc(OCc4ccccc4C)c3C)C2=O)cc(OC)c1OC. The third kappa shape index (κ3) is 4.24. The van der Waals surface area contributed by atoms with Gasteiger partial charge in [0.15, 0.2) is 17.3 Å². The summed E-state index contributed by atoms with van der Waals surface area (Å²) < 4.78 is 28.2. The van der Waals surface area contributed by atoms with Crippen LogP contribution >= 0.6 is 0 Å². The van der Waals surface area contributed by atoms with E-state index in [4.69, 9.17) is 23.7 Å². The first kappa shape index (κ1) is 22.3. The minimum Gasteiger partial charge on any atom is -0.493 e. The van der Waals surface area contributed by atoms with Gasteiger partial charge in [-0.3, -0.25) is 4.79 Å². The van der Waals surface area contributed by atoms with Crippen molar-refractivity contribution >= 4 is 11.9 Å².